The van der Waals surface area contributed by atoms with E-state index < -0.39 is 0 Å². The summed E-state index contributed by atoms with van der Waals surface area (Å²) in [5.41, 5.74) is 2.57. The first-order valence-corrected chi connectivity index (χ1v) is 9.09. The maximum atomic E-state index is 12.2. The lowest BCUT2D eigenvalue weighted by atomic mass is 10.1. The number of aryl methyl sites for hydroxylation is 2. The summed E-state index contributed by atoms with van der Waals surface area (Å²) < 4.78 is 16.6. The van der Waals surface area contributed by atoms with Gasteiger partial charge in [0.15, 0.2) is 11.5 Å². The molecule has 6 nitrogen and oxygen atoms in total. The first kappa shape index (κ1) is 18.3. The van der Waals surface area contributed by atoms with Crippen molar-refractivity contribution in [3.05, 3.63) is 40.8 Å². The molecule has 140 valence electrons. The van der Waals surface area contributed by atoms with Crippen LogP contribution in [-0.4, -0.2) is 24.3 Å². The molecule has 0 saturated heterocycles. The lowest BCUT2D eigenvalue weighted by Gasteiger charge is -2.16. The molecule has 6 heteroatoms. The number of hydrogen-bond acceptors (Lipinski definition) is 5. The summed E-state index contributed by atoms with van der Waals surface area (Å²) >= 11 is 0. The molecule has 1 aliphatic rings. The van der Waals surface area contributed by atoms with Crippen molar-refractivity contribution in [1.29, 1.82) is 0 Å². The zero-order valence-corrected chi connectivity index (χ0v) is 15.6. The number of aromatic nitrogens is 1. The van der Waals surface area contributed by atoms with Gasteiger partial charge in [-0.25, -0.2) is 0 Å². The van der Waals surface area contributed by atoms with Gasteiger partial charge in [0.25, 0.3) is 0 Å². The van der Waals surface area contributed by atoms with Gasteiger partial charge < -0.3 is 19.3 Å². The predicted molar refractivity (Wildman–Crippen MR) is 97.4 cm³/mol. The number of hydrogen-bond donors (Lipinski definition) is 1. The van der Waals surface area contributed by atoms with Crippen LogP contribution in [0.15, 0.2) is 22.7 Å². The fraction of sp³-hybridized carbons (Fsp3) is 0.500. The normalized spacial score (nSPS) is 14.4. The van der Waals surface area contributed by atoms with Gasteiger partial charge in [0.05, 0.1) is 25.3 Å². The molecule has 1 fully saturated rings. The number of amides is 1. The molecule has 1 N–H and O–H groups in total. The molecule has 3 rings (SSSR count). The second kappa shape index (κ2) is 8.25. The van der Waals surface area contributed by atoms with Crippen LogP contribution in [0.1, 0.15) is 48.3 Å². The fourth-order valence-electron chi connectivity index (χ4n) is 3.28. The third-order valence-corrected chi connectivity index (χ3v) is 4.83. The minimum Gasteiger partial charge on any atom is -0.493 e. The highest BCUT2D eigenvalue weighted by atomic mass is 16.5. The van der Waals surface area contributed by atoms with E-state index in [0.717, 1.165) is 35.4 Å². The highest BCUT2D eigenvalue weighted by Gasteiger charge is 2.19. The topological polar surface area (TPSA) is 73.6 Å². The van der Waals surface area contributed by atoms with Gasteiger partial charge in [-0.3, -0.25) is 4.79 Å². The van der Waals surface area contributed by atoms with E-state index in [1.165, 1.54) is 12.8 Å². The van der Waals surface area contributed by atoms with Crippen molar-refractivity contribution < 1.29 is 18.8 Å². The molecule has 2 aromatic rings. The number of carbonyl (C=O) groups is 1. The molecule has 1 saturated carbocycles. The smallest absolute Gasteiger partial charge is 0.224 e. The van der Waals surface area contributed by atoms with Gasteiger partial charge in [-0.1, -0.05) is 11.2 Å². The number of methoxy groups -OCH3 is 1. The van der Waals surface area contributed by atoms with E-state index >= 15 is 0 Å². The molecular weight excluding hydrogens is 332 g/mol. The Balaban J connectivity index is 1.58. The monoisotopic (exact) mass is 358 g/mol. The van der Waals surface area contributed by atoms with Gasteiger partial charge in [0, 0.05) is 12.1 Å². The Hall–Kier alpha value is -2.50. The average molecular weight is 358 g/mol. The number of carbonyl (C=O) groups excluding carboxylic acids is 1. The zero-order chi connectivity index (χ0) is 18.5. The molecular formula is C20H26N2O4. The van der Waals surface area contributed by atoms with Crippen LogP contribution in [0.3, 0.4) is 0 Å². The molecule has 0 radical (unpaired) electrons. The molecule has 0 bridgehead atoms. The lowest BCUT2D eigenvalue weighted by molar-refractivity contribution is -0.120. The van der Waals surface area contributed by atoms with Gasteiger partial charge in [0.2, 0.25) is 5.91 Å². The van der Waals surface area contributed by atoms with Crippen LogP contribution < -0.4 is 14.8 Å². The predicted octanol–water partition coefficient (Wildman–Crippen LogP) is 3.48. The van der Waals surface area contributed by atoms with E-state index in [9.17, 15) is 4.79 Å². The number of benzene rings is 1. The second-order valence-corrected chi connectivity index (χ2v) is 6.77. The van der Waals surface area contributed by atoms with E-state index in [1.807, 2.05) is 32.0 Å². The van der Waals surface area contributed by atoms with Crippen LogP contribution >= 0.6 is 0 Å². The summed E-state index contributed by atoms with van der Waals surface area (Å²) in [6, 6.07) is 5.80. The SMILES string of the molecule is COc1cc(CNC(=O)Cc2c(C)noc2C)ccc1OC1CCCC1. The zero-order valence-electron chi connectivity index (χ0n) is 15.6. The summed E-state index contributed by atoms with van der Waals surface area (Å²) in [4.78, 5) is 12.2. The van der Waals surface area contributed by atoms with Crippen molar-refractivity contribution in [3.8, 4) is 11.5 Å². The molecule has 0 aliphatic heterocycles. The highest BCUT2D eigenvalue weighted by molar-refractivity contribution is 5.79. The van der Waals surface area contributed by atoms with Crippen LogP contribution in [0.4, 0.5) is 0 Å². The standard InChI is InChI=1S/C20H26N2O4/c1-13-17(14(2)26-22-13)11-20(23)21-12-15-8-9-18(19(10-15)24-3)25-16-6-4-5-7-16/h8-10,16H,4-7,11-12H2,1-3H3,(H,21,23). The van der Waals surface area contributed by atoms with E-state index in [-0.39, 0.29) is 18.4 Å². The molecule has 1 aromatic carbocycles. The van der Waals surface area contributed by atoms with E-state index in [4.69, 9.17) is 14.0 Å². The fourth-order valence-corrected chi connectivity index (χ4v) is 3.28. The van der Waals surface area contributed by atoms with E-state index in [0.29, 0.717) is 18.1 Å². The third-order valence-electron chi connectivity index (χ3n) is 4.83. The van der Waals surface area contributed by atoms with Crippen molar-refractivity contribution in [2.24, 2.45) is 0 Å². The molecule has 26 heavy (non-hydrogen) atoms. The van der Waals surface area contributed by atoms with Crippen molar-refractivity contribution in [2.75, 3.05) is 7.11 Å². The largest absolute Gasteiger partial charge is 0.493 e. The Morgan fingerprint density at radius 2 is 2.04 bits per heavy atom. The van der Waals surface area contributed by atoms with Gasteiger partial charge in [-0.05, 0) is 57.2 Å². The Kier molecular flexibility index (Phi) is 5.81. The van der Waals surface area contributed by atoms with Crippen LogP contribution in [-0.2, 0) is 17.8 Å². The summed E-state index contributed by atoms with van der Waals surface area (Å²) in [5, 5.41) is 6.81. The van der Waals surface area contributed by atoms with Crippen molar-refractivity contribution in [2.45, 2.75) is 58.6 Å². The first-order chi connectivity index (χ1) is 12.6. The molecule has 0 spiro atoms. The van der Waals surface area contributed by atoms with Crippen LogP contribution in [0.5, 0.6) is 11.5 Å². The minimum atomic E-state index is -0.0651. The Labute approximate surface area is 153 Å². The summed E-state index contributed by atoms with van der Waals surface area (Å²) in [7, 11) is 1.64. The summed E-state index contributed by atoms with van der Waals surface area (Å²) in [6.45, 7) is 4.09. The Morgan fingerprint density at radius 3 is 2.69 bits per heavy atom. The Morgan fingerprint density at radius 1 is 1.27 bits per heavy atom. The van der Waals surface area contributed by atoms with E-state index in [2.05, 4.69) is 10.5 Å². The highest BCUT2D eigenvalue weighted by Crippen LogP contribution is 2.32. The Bertz CT molecular complexity index is 744. The summed E-state index contributed by atoms with van der Waals surface area (Å²) in [5.74, 6) is 2.09. The number of nitrogens with zero attached hydrogens (tertiary/aromatic N) is 1. The third kappa shape index (κ3) is 4.36. The molecule has 1 amide bonds. The quantitative estimate of drug-likeness (QED) is 0.820. The number of rotatable bonds is 7. The average Bonchev–Trinajstić information content (AvgIpc) is 3.26. The van der Waals surface area contributed by atoms with Crippen LogP contribution in [0, 0.1) is 13.8 Å². The molecule has 1 heterocycles. The number of ether oxygens (including phenoxy) is 2. The molecule has 0 atom stereocenters. The van der Waals surface area contributed by atoms with Gasteiger partial charge in [0.1, 0.15) is 5.76 Å². The lowest BCUT2D eigenvalue weighted by Crippen LogP contribution is -2.25. The second-order valence-electron chi connectivity index (χ2n) is 6.77. The van der Waals surface area contributed by atoms with Gasteiger partial charge in [-0.15, -0.1) is 0 Å². The molecule has 1 aromatic heterocycles. The van der Waals surface area contributed by atoms with Crippen LogP contribution in [0.25, 0.3) is 0 Å². The summed E-state index contributed by atoms with van der Waals surface area (Å²) in [6.07, 6.45) is 5.20. The van der Waals surface area contributed by atoms with Crippen LogP contribution in [0.2, 0.25) is 0 Å². The number of nitrogens with one attached hydrogen (secondary N) is 1. The van der Waals surface area contributed by atoms with Gasteiger partial charge >= 0.3 is 0 Å². The molecule has 0 unspecified atom stereocenters. The minimum absolute atomic E-state index is 0.0651. The van der Waals surface area contributed by atoms with Crippen molar-refractivity contribution in [3.63, 3.8) is 0 Å². The first-order valence-electron chi connectivity index (χ1n) is 9.09. The van der Waals surface area contributed by atoms with Crippen molar-refractivity contribution >= 4 is 5.91 Å². The molecule has 1 aliphatic carbocycles. The maximum absolute atomic E-state index is 12.2. The maximum Gasteiger partial charge on any atom is 0.224 e. The van der Waals surface area contributed by atoms with Crippen molar-refractivity contribution in [1.82, 2.24) is 10.5 Å². The van der Waals surface area contributed by atoms with Gasteiger partial charge in [-0.2, -0.15) is 0 Å². The van der Waals surface area contributed by atoms with E-state index in [1.54, 1.807) is 7.11 Å².